The number of ether oxygens (including phenoxy) is 3. The topological polar surface area (TPSA) is 114 Å². The predicted octanol–water partition coefficient (Wildman–Crippen LogP) is 5.66. The summed E-state index contributed by atoms with van der Waals surface area (Å²) in [5.41, 5.74) is 1.64. The Balaban J connectivity index is 1.58. The number of benzene rings is 4. The summed E-state index contributed by atoms with van der Waals surface area (Å²) in [5.74, 6) is -2.69. The number of aliphatic hydroxyl groups excluding tert-OH is 1. The van der Waals surface area contributed by atoms with Crippen molar-refractivity contribution in [3.63, 3.8) is 0 Å². The smallest absolute Gasteiger partial charge is 0.325 e. The minimum Gasteiger partial charge on any atom is -0.491 e. The average molecular weight is 757 g/mol. The predicted molar refractivity (Wildman–Crippen MR) is 186 cm³/mol. The zero-order chi connectivity index (χ0) is 33.4. The van der Waals surface area contributed by atoms with Crippen LogP contribution in [0.15, 0.2) is 116 Å². The Morgan fingerprint density at radius 3 is 2.35 bits per heavy atom. The largest absolute Gasteiger partial charge is 0.491 e. The van der Waals surface area contributed by atoms with Gasteiger partial charge in [-0.05, 0) is 63.5 Å². The van der Waals surface area contributed by atoms with Gasteiger partial charge in [0.15, 0.2) is 0 Å². The Kier molecular flexibility index (Phi) is 8.80. The summed E-state index contributed by atoms with van der Waals surface area (Å²) >= 11 is 2.19. The van der Waals surface area contributed by atoms with Crippen LogP contribution in [0.25, 0.3) is 0 Å². The fourth-order valence-corrected chi connectivity index (χ4v) is 8.22. The van der Waals surface area contributed by atoms with Crippen LogP contribution in [0.5, 0.6) is 5.75 Å². The number of para-hydroxylation sites is 1. The van der Waals surface area contributed by atoms with E-state index in [4.69, 9.17) is 14.2 Å². The van der Waals surface area contributed by atoms with Crippen molar-refractivity contribution in [1.29, 1.82) is 0 Å². The highest BCUT2D eigenvalue weighted by Crippen LogP contribution is 2.65. The lowest BCUT2D eigenvalue weighted by molar-refractivity contribution is -0.180. The van der Waals surface area contributed by atoms with E-state index in [2.05, 4.69) is 34.5 Å². The van der Waals surface area contributed by atoms with Crippen molar-refractivity contribution in [3.8, 4) is 5.75 Å². The van der Waals surface area contributed by atoms with Crippen LogP contribution in [0.1, 0.15) is 40.4 Å². The van der Waals surface area contributed by atoms with Gasteiger partial charge in [0.05, 0.1) is 18.7 Å². The first-order chi connectivity index (χ1) is 23.4. The van der Waals surface area contributed by atoms with E-state index >= 15 is 0 Å². The highest BCUT2D eigenvalue weighted by atomic mass is 127. The first kappa shape index (κ1) is 32.0. The number of morpholine rings is 1. The highest BCUT2D eigenvalue weighted by molar-refractivity contribution is 14.1. The van der Waals surface area contributed by atoms with Crippen molar-refractivity contribution in [2.24, 2.45) is 5.92 Å². The van der Waals surface area contributed by atoms with E-state index in [1.807, 2.05) is 102 Å². The van der Waals surface area contributed by atoms with Gasteiger partial charge >= 0.3 is 11.9 Å². The molecule has 0 radical (unpaired) electrons. The minimum atomic E-state index is -1.66. The number of fused-ring (bicyclic) bond motifs is 3. The molecule has 48 heavy (non-hydrogen) atoms. The number of amides is 1. The van der Waals surface area contributed by atoms with Gasteiger partial charge in [-0.25, -0.2) is 0 Å². The first-order valence-electron chi connectivity index (χ1n) is 15.7. The van der Waals surface area contributed by atoms with Crippen LogP contribution in [0.3, 0.4) is 0 Å². The molecule has 2 N–H and O–H groups in total. The molecular weight excluding hydrogens is 723 g/mol. The van der Waals surface area contributed by atoms with E-state index in [0.717, 1.165) is 14.7 Å². The van der Waals surface area contributed by atoms with Gasteiger partial charge in [0, 0.05) is 14.8 Å². The summed E-state index contributed by atoms with van der Waals surface area (Å²) in [6.45, 7) is 3.37. The van der Waals surface area contributed by atoms with E-state index in [9.17, 15) is 19.5 Å². The summed E-state index contributed by atoms with van der Waals surface area (Å²) in [5, 5.41) is 12.8. The molecule has 0 aliphatic carbocycles. The standard InChI is InChI=1S/C38H33IN2O7/c1-2-20-47-35(43)30-32-36(44)48-33(24-13-7-4-8-14-24)31(23-11-5-3-6-12-23)41(32)34(26-15-9-10-16-29(26)46-21-19-42)38(30)27-22-25(39)17-18-28(27)40-37(38)45/h2-18,22,30-34,42H,1,19-21H2,(H,40,45)/t30?,31-,32-,33+,34+,38-/m1/s1. The fourth-order valence-electron chi connectivity index (χ4n) is 7.73. The number of carbonyl (C=O) groups is 3. The number of nitrogens with one attached hydrogen (secondary N) is 1. The van der Waals surface area contributed by atoms with Gasteiger partial charge in [0.25, 0.3) is 0 Å². The quantitative estimate of drug-likeness (QED) is 0.128. The molecule has 1 amide bonds. The van der Waals surface area contributed by atoms with Crippen LogP contribution in [-0.4, -0.2) is 53.7 Å². The highest BCUT2D eigenvalue weighted by Gasteiger charge is 2.74. The van der Waals surface area contributed by atoms with Crippen molar-refractivity contribution < 1.29 is 33.7 Å². The first-order valence-corrected chi connectivity index (χ1v) is 16.8. The maximum absolute atomic E-state index is 14.9. The van der Waals surface area contributed by atoms with E-state index in [0.29, 0.717) is 22.6 Å². The van der Waals surface area contributed by atoms with Gasteiger partial charge < -0.3 is 24.6 Å². The van der Waals surface area contributed by atoms with Gasteiger partial charge in [0.2, 0.25) is 5.91 Å². The Morgan fingerprint density at radius 1 is 0.958 bits per heavy atom. The number of anilines is 1. The van der Waals surface area contributed by atoms with Gasteiger partial charge in [-0.15, -0.1) is 0 Å². The molecule has 4 aromatic carbocycles. The van der Waals surface area contributed by atoms with E-state index in [1.165, 1.54) is 6.08 Å². The van der Waals surface area contributed by atoms with Crippen molar-refractivity contribution in [3.05, 3.63) is 142 Å². The monoisotopic (exact) mass is 756 g/mol. The molecule has 2 fully saturated rings. The molecule has 9 nitrogen and oxygen atoms in total. The van der Waals surface area contributed by atoms with Crippen LogP contribution in [0, 0.1) is 9.49 Å². The molecule has 1 spiro atoms. The van der Waals surface area contributed by atoms with Crippen LogP contribution in [0.4, 0.5) is 5.69 Å². The zero-order valence-corrected chi connectivity index (χ0v) is 28.0. The Labute approximate surface area is 291 Å². The van der Waals surface area contributed by atoms with Gasteiger partial charge in [-0.2, -0.15) is 0 Å². The van der Waals surface area contributed by atoms with Crippen molar-refractivity contribution in [1.82, 2.24) is 4.90 Å². The summed E-state index contributed by atoms with van der Waals surface area (Å²) in [6, 6.07) is 29.2. The molecule has 2 saturated heterocycles. The second kappa shape index (κ2) is 13.2. The molecule has 6 atom stereocenters. The number of aliphatic hydroxyl groups is 1. The molecule has 3 aliphatic rings. The number of rotatable bonds is 9. The van der Waals surface area contributed by atoms with Gasteiger partial charge in [-0.3, -0.25) is 19.3 Å². The van der Waals surface area contributed by atoms with E-state index < -0.39 is 53.4 Å². The summed E-state index contributed by atoms with van der Waals surface area (Å²) in [7, 11) is 0. The number of carbonyl (C=O) groups excluding carboxylic acids is 3. The van der Waals surface area contributed by atoms with Crippen molar-refractivity contribution in [2.75, 3.05) is 25.1 Å². The molecule has 0 bridgehead atoms. The maximum atomic E-state index is 14.9. The third kappa shape index (κ3) is 5.10. The number of hydrogen-bond donors (Lipinski definition) is 2. The van der Waals surface area contributed by atoms with Gasteiger partial charge in [-0.1, -0.05) is 91.5 Å². The van der Waals surface area contributed by atoms with E-state index in [1.54, 1.807) is 6.07 Å². The number of esters is 2. The van der Waals surface area contributed by atoms with Crippen molar-refractivity contribution in [2.45, 2.75) is 29.6 Å². The number of hydrogen-bond acceptors (Lipinski definition) is 8. The third-order valence-corrected chi connectivity index (χ3v) is 10.1. The Hall–Kier alpha value is -4.52. The Morgan fingerprint density at radius 2 is 1.65 bits per heavy atom. The second-order valence-electron chi connectivity index (χ2n) is 11.9. The number of cyclic esters (lactones) is 1. The molecule has 1 unspecified atom stereocenters. The van der Waals surface area contributed by atoms with Gasteiger partial charge in [0.1, 0.15) is 42.4 Å². The van der Waals surface area contributed by atoms with Crippen LogP contribution >= 0.6 is 22.6 Å². The molecule has 3 aliphatic heterocycles. The molecule has 7 rings (SSSR count). The van der Waals surface area contributed by atoms with Crippen LogP contribution in [-0.2, 0) is 29.3 Å². The number of nitrogens with zero attached hydrogens (tertiary/aromatic N) is 1. The summed E-state index contributed by atoms with van der Waals surface area (Å²) in [6.07, 6.45) is 0.667. The summed E-state index contributed by atoms with van der Waals surface area (Å²) in [4.78, 5) is 46.0. The summed E-state index contributed by atoms with van der Waals surface area (Å²) < 4.78 is 19.1. The minimum absolute atomic E-state index is 0.00243. The molecular formula is C38H33IN2O7. The lowest BCUT2D eigenvalue weighted by Gasteiger charge is -2.46. The van der Waals surface area contributed by atoms with Crippen LogP contribution < -0.4 is 10.1 Å². The molecule has 10 heteroatoms. The van der Waals surface area contributed by atoms with Crippen molar-refractivity contribution >= 4 is 46.1 Å². The third-order valence-electron chi connectivity index (χ3n) is 9.43. The fraction of sp³-hybridized carbons (Fsp3) is 0.237. The Bertz CT molecular complexity index is 1870. The SMILES string of the molecule is C=CCOC(=O)C1[C@@H]2C(=O)O[C@@H](c3ccccc3)[C@@H](c3ccccc3)N2[C@@H](c2ccccc2OCCO)[C@]12C(=O)Nc1ccc(I)cc12. The normalized spacial score (nSPS) is 25.9. The maximum Gasteiger partial charge on any atom is 0.325 e. The van der Waals surface area contributed by atoms with Crippen LogP contribution in [0.2, 0.25) is 0 Å². The second-order valence-corrected chi connectivity index (χ2v) is 13.2. The molecule has 3 heterocycles. The average Bonchev–Trinajstić information content (AvgIpc) is 3.59. The van der Waals surface area contributed by atoms with E-state index in [-0.39, 0.29) is 19.8 Å². The molecule has 4 aromatic rings. The zero-order valence-electron chi connectivity index (χ0n) is 25.8. The lowest BCUT2D eigenvalue weighted by atomic mass is 9.65. The molecule has 0 saturated carbocycles. The molecule has 0 aromatic heterocycles. The lowest BCUT2D eigenvalue weighted by Crippen LogP contribution is -2.52. The molecule has 244 valence electrons. The number of halogens is 1.